The van der Waals surface area contributed by atoms with Crippen molar-refractivity contribution < 1.29 is 18.7 Å². The zero-order chi connectivity index (χ0) is 20.6. The Hall–Kier alpha value is -2.96. The summed E-state index contributed by atoms with van der Waals surface area (Å²) in [5.41, 5.74) is 2.06. The van der Waals surface area contributed by atoms with Crippen LogP contribution in [0.5, 0.6) is 11.5 Å². The van der Waals surface area contributed by atoms with Crippen LogP contribution in [0.15, 0.2) is 42.5 Å². The summed E-state index contributed by atoms with van der Waals surface area (Å²) >= 11 is 0. The lowest BCUT2D eigenvalue weighted by Gasteiger charge is -2.36. The van der Waals surface area contributed by atoms with Gasteiger partial charge in [-0.05, 0) is 55.3 Å². The molecule has 1 heterocycles. The molecule has 2 amide bonds. The van der Waals surface area contributed by atoms with Crippen LogP contribution in [0.2, 0.25) is 0 Å². The lowest BCUT2D eigenvalue weighted by molar-refractivity contribution is 0.194. The van der Waals surface area contributed by atoms with E-state index in [2.05, 4.69) is 10.2 Å². The van der Waals surface area contributed by atoms with Crippen molar-refractivity contribution in [1.29, 1.82) is 0 Å². The summed E-state index contributed by atoms with van der Waals surface area (Å²) < 4.78 is 24.0. The van der Waals surface area contributed by atoms with Gasteiger partial charge in [0.15, 0.2) is 11.5 Å². The predicted octanol–water partition coefficient (Wildman–Crippen LogP) is 3.31. The summed E-state index contributed by atoms with van der Waals surface area (Å²) in [6.07, 6.45) is 0.712. The molecule has 0 unspecified atom stereocenters. The predicted molar refractivity (Wildman–Crippen MR) is 111 cm³/mol. The van der Waals surface area contributed by atoms with Crippen LogP contribution in [0.4, 0.5) is 14.9 Å². The number of piperazine rings is 1. The third-order valence-electron chi connectivity index (χ3n) is 4.98. The highest BCUT2D eigenvalue weighted by Gasteiger charge is 2.21. The van der Waals surface area contributed by atoms with Gasteiger partial charge in [-0.25, -0.2) is 9.18 Å². The van der Waals surface area contributed by atoms with Gasteiger partial charge in [0.25, 0.3) is 0 Å². The molecular weight excluding hydrogens is 373 g/mol. The Kier molecular flexibility index (Phi) is 7.16. The van der Waals surface area contributed by atoms with Crippen molar-refractivity contribution in [1.82, 2.24) is 10.2 Å². The van der Waals surface area contributed by atoms with Gasteiger partial charge >= 0.3 is 6.03 Å². The lowest BCUT2D eigenvalue weighted by atomic mass is 10.1. The third kappa shape index (κ3) is 5.53. The lowest BCUT2D eigenvalue weighted by Crippen LogP contribution is -2.52. The van der Waals surface area contributed by atoms with Crippen LogP contribution in [0, 0.1) is 5.82 Å². The van der Waals surface area contributed by atoms with E-state index < -0.39 is 0 Å². The molecule has 1 fully saturated rings. The number of hydrogen-bond donors (Lipinski definition) is 1. The molecule has 3 rings (SSSR count). The summed E-state index contributed by atoms with van der Waals surface area (Å²) in [7, 11) is 1.62. The van der Waals surface area contributed by atoms with E-state index >= 15 is 0 Å². The fraction of sp³-hybridized carbons (Fsp3) is 0.409. The van der Waals surface area contributed by atoms with Gasteiger partial charge in [-0.15, -0.1) is 0 Å². The quantitative estimate of drug-likeness (QED) is 0.774. The van der Waals surface area contributed by atoms with E-state index in [1.165, 1.54) is 12.1 Å². The van der Waals surface area contributed by atoms with Gasteiger partial charge in [-0.3, -0.25) is 0 Å². The number of urea groups is 1. The number of carbonyl (C=O) groups is 1. The number of amides is 2. The van der Waals surface area contributed by atoms with Gasteiger partial charge in [0, 0.05) is 38.4 Å². The first-order chi connectivity index (χ1) is 14.1. The third-order valence-corrected chi connectivity index (χ3v) is 4.98. The maximum absolute atomic E-state index is 13.1. The molecule has 1 aliphatic rings. The normalized spacial score (nSPS) is 13.9. The maximum atomic E-state index is 13.1. The summed E-state index contributed by atoms with van der Waals surface area (Å²) in [6.45, 7) is 5.81. The van der Waals surface area contributed by atoms with Crippen molar-refractivity contribution in [2.45, 2.75) is 13.3 Å². The van der Waals surface area contributed by atoms with Crippen LogP contribution < -0.4 is 19.7 Å². The summed E-state index contributed by atoms with van der Waals surface area (Å²) in [5, 5.41) is 2.99. The fourth-order valence-corrected chi connectivity index (χ4v) is 3.39. The highest BCUT2D eigenvalue weighted by atomic mass is 19.1. The largest absolute Gasteiger partial charge is 0.493 e. The smallest absolute Gasteiger partial charge is 0.317 e. The highest BCUT2D eigenvalue weighted by Crippen LogP contribution is 2.28. The van der Waals surface area contributed by atoms with Crippen molar-refractivity contribution in [3.63, 3.8) is 0 Å². The number of benzene rings is 2. The minimum absolute atomic E-state index is 0.0540. The van der Waals surface area contributed by atoms with Crippen LogP contribution in [0.1, 0.15) is 12.5 Å². The van der Waals surface area contributed by atoms with Crippen LogP contribution in [-0.2, 0) is 6.42 Å². The van der Waals surface area contributed by atoms with Crippen molar-refractivity contribution >= 4 is 11.7 Å². The number of hydrogen-bond acceptors (Lipinski definition) is 4. The molecule has 7 heteroatoms. The molecular formula is C22H28FN3O3. The second-order valence-electron chi connectivity index (χ2n) is 6.85. The fourth-order valence-electron chi connectivity index (χ4n) is 3.39. The van der Waals surface area contributed by atoms with Crippen LogP contribution in [0.3, 0.4) is 0 Å². The van der Waals surface area contributed by atoms with Gasteiger partial charge < -0.3 is 24.6 Å². The number of methoxy groups -OCH3 is 1. The second kappa shape index (κ2) is 10.0. The average Bonchev–Trinajstić information content (AvgIpc) is 2.75. The van der Waals surface area contributed by atoms with E-state index in [1.54, 1.807) is 19.2 Å². The number of carbonyl (C=O) groups excluding carboxylic acids is 1. The summed E-state index contributed by atoms with van der Waals surface area (Å²) in [4.78, 5) is 16.4. The van der Waals surface area contributed by atoms with E-state index in [0.29, 0.717) is 38.4 Å². The Morgan fingerprint density at radius 2 is 1.79 bits per heavy atom. The molecule has 0 atom stereocenters. The number of rotatable bonds is 7. The number of nitrogens with zero attached hydrogens (tertiary/aromatic N) is 2. The van der Waals surface area contributed by atoms with E-state index in [1.807, 2.05) is 30.0 Å². The Bertz CT molecular complexity index is 805. The van der Waals surface area contributed by atoms with Gasteiger partial charge in [-0.1, -0.05) is 6.07 Å². The molecule has 1 saturated heterocycles. The molecule has 29 heavy (non-hydrogen) atoms. The van der Waals surface area contributed by atoms with E-state index in [0.717, 1.165) is 30.1 Å². The molecule has 2 aromatic carbocycles. The number of anilines is 1. The molecule has 0 aliphatic carbocycles. The van der Waals surface area contributed by atoms with Crippen LogP contribution in [-0.4, -0.2) is 57.4 Å². The zero-order valence-corrected chi connectivity index (χ0v) is 17.0. The monoisotopic (exact) mass is 401 g/mol. The number of nitrogens with one attached hydrogen (secondary N) is 1. The topological polar surface area (TPSA) is 54.0 Å². The van der Waals surface area contributed by atoms with Crippen molar-refractivity contribution in [3.8, 4) is 11.5 Å². The first-order valence-corrected chi connectivity index (χ1v) is 9.93. The van der Waals surface area contributed by atoms with E-state index in [-0.39, 0.29) is 11.8 Å². The summed E-state index contributed by atoms with van der Waals surface area (Å²) in [6, 6.07) is 12.2. The van der Waals surface area contributed by atoms with Crippen LogP contribution in [0.25, 0.3) is 0 Å². The van der Waals surface area contributed by atoms with Crippen molar-refractivity contribution in [3.05, 3.63) is 53.8 Å². The molecule has 1 aliphatic heterocycles. The molecule has 0 spiro atoms. The summed E-state index contributed by atoms with van der Waals surface area (Å²) in [5.74, 6) is 1.19. The van der Waals surface area contributed by atoms with E-state index in [4.69, 9.17) is 9.47 Å². The highest BCUT2D eigenvalue weighted by molar-refractivity contribution is 5.74. The standard InChI is InChI=1S/C22H28FN3O3/c1-3-29-20-9-4-17(16-21(20)28-2)10-11-24-22(27)26-14-12-25(13-15-26)19-7-5-18(23)6-8-19/h4-9,16H,3,10-15H2,1-2H3,(H,24,27). The van der Waals surface area contributed by atoms with Crippen molar-refractivity contribution in [2.24, 2.45) is 0 Å². The van der Waals surface area contributed by atoms with Crippen molar-refractivity contribution in [2.75, 3.05) is 51.3 Å². The molecule has 0 saturated carbocycles. The molecule has 0 radical (unpaired) electrons. The Morgan fingerprint density at radius 3 is 2.45 bits per heavy atom. The first kappa shape index (κ1) is 20.8. The van der Waals surface area contributed by atoms with Gasteiger partial charge in [0.05, 0.1) is 13.7 Å². The van der Waals surface area contributed by atoms with Gasteiger partial charge in [0.2, 0.25) is 0 Å². The van der Waals surface area contributed by atoms with Gasteiger partial charge in [0.1, 0.15) is 5.82 Å². The second-order valence-corrected chi connectivity index (χ2v) is 6.85. The van der Waals surface area contributed by atoms with E-state index in [9.17, 15) is 9.18 Å². The first-order valence-electron chi connectivity index (χ1n) is 9.93. The molecule has 1 N–H and O–H groups in total. The Morgan fingerprint density at radius 1 is 1.07 bits per heavy atom. The minimum atomic E-state index is -0.239. The Labute approximate surface area is 171 Å². The SMILES string of the molecule is CCOc1ccc(CCNC(=O)N2CCN(c3ccc(F)cc3)CC2)cc1OC. The molecule has 156 valence electrons. The van der Waals surface area contributed by atoms with Gasteiger partial charge in [-0.2, -0.15) is 0 Å². The zero-order valence-electron chi connectivity index (χ0n) is 17.0. The molecule has 0 bridgehead atoms. The maximum Gasteiger partial charge on any atom is 0.317 e. The van der Waals surface area contributed by atoms with Crippen LogP contribution >= 0.6 is 0 Å². The number of ether oxygens (including phenoxy) is 2. The Balaban J connectivity index is 1.44. The minimum Gasteiger partial charge on any atom is -0.493 e. The molecule has 0 aromatic heterocycles. The molecule has 2 aromatic rings. The number of halogens is 1. The average molecular weight is 401 g/mol. The molecule has 6 nitrogen and oxygen atoms in total.